The van der Waals surface area contributed by atoms with Crippen molar-refractivity contribution in [3.63, 3.8) is 0 Å². The summed E-state index contributed by atoms with van der Waals surface area (Å²) >= 11 is 1.36. The minimum Gasteiger partial charge on any atom is -0.431 e. The number of aromatic nitrogens is 1. The maximum atomic E-state index is 12.7. The van der Waals surface area contributed by atoms with E-state index < -0.39 is 0 Å². The predicted molar refractivity (Wildman–Crippen MR) is 99.6 cm³/mol. The van der Waals surface area contributed by atoms with E-state index in [0.717, 1.165) is 30.4 Å². The number of rotatable bonds is 4. The maximum absolute atomic E-state index is 12.7. The van der Waals surface area contributed by atoms with Crippen molar-refractivity contribution < 1.29 is 9.21 Å². The number of benzene rings is 2. The van der Waals surface area contributed by atoms with Crippen molar-refractivity contribution in [2.75, 3.05) is 12.8 Å². The predicted octanol–water partition coefficient (Wildman–Crippen LogP) is 4.46. The van der Waals surface area contributed by atoms with E-state index in [0.29, 0.717) is 11.0 Å². The van der Waals surface area contributed by atoms with Gasteiger partial charge in [0.25, 0.3) is 5.22 Å². The van der Waals surface area contributed by atoms with E-state index in [2.05, 4.69) is 29.2 Å². The molecule has 1 atom stereocenters. The van der Waals surface area contributed by atoms with Gasteiger partial charge in [-0.25, -0.2) is 4.98 Å². The number of oxazole rings is 1. The largest absolute Gasteiger partial charge is 0.431 e. The molecule has 1 aliphatic carbocycles. The summed E-state index contributed by atoms with van der Waals surface area (Å²) in [5, 5.41) is 0.548. The molecule has 0 bridgehead atoms. The summed E-state index contributed by atoms with van der Waals surface area (Å²) in [6.07, 6.45) is 3.25. The molecule has 0 saturated carbocycles. The van der Waals surface area contributed by atoms with Crippen LogP contribution in [0.15, 0.2) is 58.2 Å². The zero-order chi connectivity index (χ0) is 17.2. The standard InChI is InChI=1S/C20H20N2O2S/c1-22(17-11-6-8-14-7-2-3-9-15(14)17)19(23)13-25-20-21-16-10-4-5-12-18(16)24-20/h2-5,7,9-10,12,17H,6,8,11,13H2,1H3. The third-order valence-electron chi connectivity index (χ3n) is 4.79. The molecule has 0 fully saturated rings. The number of carbonyl (C=O) groups excluding carboxylic acids is 1. The van der Waals surface area contributed by atoms with Gasteiger partial charge in [0.15, 0.2) is 5.58 Å². The Bertz CT molecular complexity index is 872. The van der Waals surface area contributed by atoms with Gasteiger partial charge in [-0.3, -0.25) is 4.79 Å². The van der Waals surface area contributed by atoms with Crippen LogP contribution < -0.4 is 0 Å². The normalized spacial score (nSPS) is 16.6. The second kappa shape index (κ2) is 6.92. The Morgan fingerprint density at radius 1 is 1.24 bits per heavy atom. The van der Waals surface area contributed by atoms with Crippen LogP contribution in [0.3, 0.4) is 0 Å². The number of hydrogen-bond acceptors (Lipinski definition) is 4. The molecule has 0 N–H and O–H groups in total. The summed E-state index contributed by atoms with van der Waals surface area (Å²) in [7, 11) is 1.90. The van der Waals surface area contributed by atoms with Crippen LogP contribution in [0.2, 0.25) is 0 Å². The summed E-state index contributed by atoms with van der Waals surface area (Å²) in [4.78, 5) is 19.0. The maximum Gasteiger partial charge on any atom is 0.257 e. The SMILES string of the molecule is CN(C(=O)CSc1nc2ccccc2o1)C1CCCc2ccccc21. The van der Waals surface area contributed by atoms with Gasteiger partial charge in [0.1, 0.15) is 5.52 Å². The molecule has 1 aromatic heterocycles. The fourth-order valence-corrected chi connectivity index (χ4v) is 4.20. The molecule has 2 aromatic carbocycles. The molecule has 3 aromatic rings. The van der Waals surface area contributed by atoms with E-state index in [4.69, 9.17) is 4.42 Å². The first-order valence-electron chi connectivity index (χ1n) is 8.54. The van der Waals surface area contributed by atoms with E-state index >= 15 is 0 Å². The molecule has 4 nitrogen and oxygen atoms in total. The van der Waals surface area contributed by atoms with Crippen molar-refractivity contribution in [1.82, 2.24) is 9.88 Å². The molecule has 1 aliphatic rings. The third-order valence-corrected chi connectivity index (χ3v) is 5.60. The van der Waals surface area contributed by atoms with Crippen LogP contribution in [-0.2, 0) is 11.2 Å². The van der Waals surface area contributed by atoms with Crippen LogP contribution in [0.4, 0.5) is 0 Å². The van der Waals surface area contributed by atoms with Gasteiger partial charge in [-0.2, -0.15) is 0 Å². The lowest BCUT2D eigenvalue weighted by Crippen LogP contribution is -2.34. The number of hydrogen-bond donors (Lipinski definition) is 0. The first-order valence-corrected chi connectivity index (χ1v) is 9.53. The van der Waals surface area contributed by atoms with Gasteiger partial charge in [0, 0.05) is 7.05 Å². The number of nitrogens with zero attached hydrogens (tertiary/aromatic N) is 2. The third kappa shape index (κ3) is 3.29. The number of carbonyl (C=O) groups is 1. The lowest BCUT2D eigenvalue weighted by atomic mass is 9.87. The lowest BCUT2D eigenvalue weighted by Gasteiger charge is -2.33. The minimum absolute atomic E-state index is 0.106. The van der Waals surface area contributed by atoms with Crippen LogP contribution in [0.1, 0.15) is 30.0 Å². The van der Waals surface area contributed by atoms with Gasteiger partial charge in [-0.05, 0) is 42.5 Å². The van der Waals surface area contributed by atoms with Gasteiger partial charge in [0.2, 0.25) is 5.91 Å². The molecule has 0 radical (unpaired) electrons. The van der Waals surface area contributed by atoms with Crippen LogP contribution in [-0.4, -0.2) is 28.6 Å². The summed E-state index contributed by atoms with van der Waals surface area (Å²) in [6.45, 7) is 0. The zero-order valence-corrected chi connectivity index (χ0v) is 15.0. The van der Waals surface area contributed by atoms with Crippen LogP contribution in [0.5, 0.6) is 0 Å². The summed E-state index contributed by atoms with van der Waals surface area (Å²) < 4.78 is 5.68. The topological polar surface area (TPSA) is 46.3 Å². The van der Waals surface area contributed by atoms with E-state index in [9.17, 15) is 4.79 Å². The first kappa shape index (κ1) is 16.2. The van der Waals surface area contributed by atoms with E-state index in [1.807, 2.05) is 36.2 Å². The quantitative estimate of drug-likeness (QED) is 0.651. The van der Waals surface area contributed by atoms with Crippen molar-refractivity contribution >= 4 is 28.8 Å². The van der Waals surface area contributed by atoms with Crippen molar-refractivity contribution in [2.45, 2.75) is 30.5 Å². The lowest BCUT2D eigenvalue weighted by molar-refractivity contribution is -0.129. The van der Waals surface area contributed by atoms with Crippen LogP contribution in [0, 0.1) is 0 Å². The highest BCUT2D eigenvalue weighted by Crippen LogP contribution is 2.34. The minimum atomic E-state index is 0.106. The average molecular weight is 352 g/mol. The van der Waals surface area contributed by atoms with Gasteiger partial charge < -0.3 is 9.32 Å². The van der Waals surface area contributed by atoms with Crippen molar-refractivity contribution in [1.29, 1.82) is 0 Å². The summed E-state index contributed by atoms with van der Waals surface area (Å²) in [5.41, 5.74) is 4.24. The number of amides is 1. The molecular formula is C20H20N2O2S. The molecular weight excluding hydrogens is 332 g/mol. The van der Waals surface area contributed by atoms with Crippen molar-refractivity contribution in [2.24, 2.45) is 0 Å². The van der Waals surface area contributed by atoms with Crippen molar-refractivity contribution in [3.05, 3.63) is 59.7 Å². The highest BCUT2D eigenvalue weighted by Gasteiger charge is 2.26. The smallest absolute Gasteiger partial charge is 0.257 e. The molecule has 128 valence electrons. The molecule has 1 heterocycles. The second-order valence-corrected chi connectivity index (χ2v) is 7.27. The Balaban J connectivity index is 1.44. The second-order valence-electron chi connectivity index (χ2n) is 6.35. The number of fused-ring (bicyclic) bond motifs is 2. The number of thioether (sulfide) groups is 1. The van der Waals surface area contributed by atoms with Crippen LogP contribution in [0.25, 0.3) is 11.1 Å². The fourth-order valence-electron chi connectivity index (χ4n) is 3.44. The fraction of sp³-hybridized carbons (Fsp3) is 0.300. The molecule has 0 saturated heterocycles. The molecule has 5 heteroatoms. The molecule has 1 unspecified atom stereocenters. The number of aryl methyl sites for hydroxylation is 1. The average Bonchev–Trinajstić information content (AvgIpc) is 3.08. The molecule has 0 aliphatic heterocycles. The molecule has 1 amide bonds. The van der Waals surface area contributed by atoms with Crippen LogP contribution >= 0.6 is 11.8 Å². The van der Waals surface area contributed by atoms with E-state index in [-0.39, 0.29) is 11.9 Å². The van der Waals surface area contributed by atoms with Gasteiger partial charge >= 0.3 is 0 Å². The molecule has 25 heavy (non-hydrogen) atoms. The van der Waals surface area contributed by atoms with Gasteiger partial charge in [-0.1, -0.05) is 48.2 Å². The van der Waals surface area contributed by atoms with E-state index in [1.165, 1.54) is 22.9 Å². The van der Waals surface area contributed by atoms with E-state index in [1.54, 1.807) is 0 Å². The zero-order valence-electron chi connectivity index (χ0n) is 14.1. The Morgan fingerprint density at radius 3 is 2.92 bits per heavy atom. The highest BCUT2D eigenvalue weighted by molar-refractivity contribution is 7.99. The summed E-state index contributed by atoms with van der Waals surface area (Å²) in [6, 6.07) is 16.3. The Morgan fingerprint density at radius 2 is 2.04 bits per heavy atom. The Labute approximate surface area is 151 Å². The van der Waals surface area contributed by atoms with Gasteiger partial charge in [0.05, 0.1) is 11.8 Å². The van der Waals surface area contributed by atoms with Crippen molar-refractivity contribution in [3.8, 4) is 0 Å². The highest BCUT2D eigenvalue weighted by atomic mass is 32.2. The Hall–Kier alpha value is -2.27. The first-order chi connectivity index (χ1) is 12.2. The molecule has 0 spiro atoms. The monoisotopic (exact) mass is 352 g/mol. The Kier molecular flexibility index (Phi) is 4.49. The summed E-state index contributed by atoms with van der Waals surface area (Å²) in [5.74, 6) is 0.441. The molecule has 4 rings (SSSR count). The number of para-hydroxylation sites is 2. The van der Waals surface area contributed by atoms with Gasteiger partial charge in [-0.15, -0.1) is 0 Å².